The van der Waals surface area contributed by atoms with E-state index in [9.17, 15) is 4.39 Å². The number of benzene rings is 1. The largest absolute Gasteiger partial charge is 0.340 e. The molecule has 5 heteroatoms. The Balaban J connectivity index is 1.38. The van der Waals surface area contributed by atoms with Gasteiger partial charge in [0.2, 0.25) is 5.89 Å². The van der Waals surface area contributed by atoms with Crippen molar-refractivity contribution < 1.29 is 8.91 Å². The lowest BCUT2D eigenvalue weighted by molar-refractivity contribution is 0.249. The molecule has 0 spiro atoms. The van der Waals surface area contributed by atoms with E-state index in [4.69, 9.17) is 4.52 Å². The fraction of sp³-hybridized carbons (Fsp3) is 0.400. The summed E-state index contributed by atoms with van der Waals surface area (Å²) >= 11 is 0. The van der Waals surface area contributed by atoms with Crippen LogP contribution in [0.4, 0.5) is 4.39 Å². The number of aryl methyl sites for hydroxylation is 1. The molecule has 154 valence electrons. The minimum atomic E-state index is -0.234. The third-order valence-electron chi connectivity index (χ3n) is 6.79. The van der Waals surface area contributed by atoms with Crippen molar-refractivity contribution in [1.29, 1.82) is 0 Å². The van der Waals surface area contributed by atoms with Crippen molar-refractivity contribution in [3.8, 4) is 11.1 Å². The summed E-state index contributed by atoms with van der Waals surface area (Å²) in [6.07, 6.45) is 12.6. The highest BCUT2D eigenvalue weighted by molar-refractivity contribution is 5.63. The van der Waals surface area contributed by atoms with Crippen LogP contribution in [0.15, 0.2) is 53.2 Å². The number of allylic oxidation sites excluding steroid dienone is 1. The third kappa shape index (κ3) is 3.81. The van der Waals surface area contributed by atoms with Gasteiger partial charge in [-0.05, 0) is 60.4 Å². The smallest absolute Gasteiger partial charge is 0.223 e. The number of aromatic nitrogens is 3. The maximum absolute atomic E-state index is 13.5. The molecule has 2 saturated carbocycles. The number of hydrogen-bond donors (Lipinski definition) is 0. The second kappa shape index (κ2) is 8.13. The molecule has 1 aromatic carbocycles. The first kappa shape index (κ1) is 19.2. The first-order valence-corrected chi connectivity index (χ1v) is 10.9. The third-order valence-corrected chi connectivity index (χ3v) is 6.79. The van der Waals surface area contributed by atoms with Crippen molar-refractivity contribution in [2.45, 2.75) is 44.9 Å². The standard InChI is InChI=1S/C25H26FN3O/c1-16-28-25(29-30-16)24-14-18-5-2-3-8-22(18)23(24)12-11-21-10-9-19(15-27-21)17-6-4-7-20(26)13-17/h4,6-7,9-13,15,18,22-24H,2-3,5,8,14H2,1H3/b12-11+/t18-,22-,23+,24+/m1/s1. The van der Waals surface area contributed by atoms with Crippen LogP contribution in [0.3, 0.4) is 0 Å². The lowest BCUT2D eigenvalue weighted by atomic mass is 9.77. The van der Waals surface area contributed by atoms with Gasteiger partial charge in [-0.25, -0.2) is 4.39 Å². The SMILES string of the molecule is Cc1nc([C@H]2C[C@H]3CCCC[C@H]3[C@@H]2/C=C/c2ccc(-c3cccc(F)c3)cn2)no1. The quantitative estimate of drug-likeness (QED) is 0.520. The van der Waals surface area contributed by atoms with Gasteiger partial charge in [0.1, 0.15) is 5.82 Å². The maximum Gasteiger partial charge on any atom is 0.223 e. The second-order valence-electron chi connectivity index (χ2n) is 8.64. The zero-order chi connectivity index (χ0) is 20.5. The molecule has 2 aliphatic carbocycles. The molecule has 4 nitrogen and oxygen atoms in total. The molecule has 2 aromatic heterocycles. The van der Waals surface area contributed by atoms with Crippen LogP contribution < -0.4 is 0 Å². The van der Waals surface area contributed by atoms with Gasteiger partial charge in [-0.15, -0.1) is 0 Å². The monoisotopic (exact) mass is 403 g/mol. The van der Waals surface area contributed by atoms with Crippen LogP contribution in [0, 0.1) is 30.5 Å². The first-order chi connectivity index (χ1) is 14.7. The highest BCUT2D eigenvalue weighted by atomic mass is 19.1. The maximum atomic E-state index is 13.5. The van der Waals surface area contributed by atoms with Gasteiger partial charge in [0.05, 0.1) is 5.69 Å². The lowest BCUT2D eigenvalue weighted by Gasteiger charge is -2.28. The highest BCUT2D eigenvalue weighted by Crippen LogP contribution is 2.53. The molecule has 0 unspecified atom stereocenters. The summed E-state index contributed by atoms with van der Waals surface area (Å²) in [5, 5.41) is 4.25. The van der Waals surface area contributed by atoms with Gasteiger partial charge >= 0.3 is 0 Å². The normalized spacial score (nSPS) is 26.2. The Labute approximate surface area is 176 Å². The van der Waals surface area contributed by atoms with E-state index in [1.54, 1.807) is 6.07 Å². The minimum Gasteiger partial charge on any atom is -0.340 e. The molecule has 0 N–H and O–H groups in total. The molecule has 4 atom stereocenters. The fourth-order valence-corrected chi connectivity index (χ4v) is 5.39. The number of pyridine rings is 1. The van der Waals surface area contributed by atoms with E-state index in [1.165, 1.54) is 37.8 Å². The average molecular weight is 404 g/mol. The van der Waals surface area contributed by atoms with Crippen LogP contribution in [0.2, 0.25) is 0 Å². The molecular weight excluding hydrogens is 377 g/mol. The summed E-state index contributed by atoms with van der Waals surface area (Å²) in [7, 11) is 0. The zero-order valence-electron chi connectivity index (χ0n) is 17.2. The highest BCUT2D eigenvalue weighted by Gasteiger charge is 2.44. The molecule has 2 heterocycles. The molecule has 0 amide bonds. The number of nitrogens with zero attached hydrogens (tertiary/aromatic N) is 3. The second-order valence-corrected chi connectivity index (χ2v) is 8.64. The number of hydrogen-bond acceptors (Lipinski definition) is 4. The molecule has 2 aliphatic rings. The van der Waals surface area contributed by atoms with Crippen LogP contribution in [-0.2, 0) is 0 Å². The van der Waals surface area contributed by atoms with Crippen LogP contribution in [0.1, 0.15) is 55.4 Å². The fourth-order valence-electron chi connectivity index (χ4n) is 5.39. The Bertz CT molecular complexity index is 1040. The molecule has 30 heavy (non-hydrogen) atoms. The number of fused-ring (bicyclic) bond motifs is 1. The Kier molecular flexibility index (Phi) is 5.19. The van der Waals surface area contributed by atoms with Gasteiger partial charge in [0.25, 0.3) is 0 Å². The summed E-state index contributed by atoms with van der Waals surface area (Å²) in [6, 6.07) is 10.6. The number of rotatable bonds is 4. The predicted octanol–water partition coefficient (Wildman–Crippen LogP) is 6.20. The molecule has 3 aromatic rings. The number of halogens is 1. The van der Waals surface area contributed by atoms with Gasteiger partial charge < -0.3 is 4.52 Å². The van der Waals surface area contributed by atoms with Crippen LogP contribution in [0.25, 0.3) is 17.2 Å². The van der Waals surface area contributed by atoms with Crippen molar-refractivity contribution >= 4 is 6.08 Å². The average Bonchev–Trinajstić information content (AvgIpc) is 3.36. The van der Waals surface area contributed by atoms with Crippen molar-refractivity contribution in [2.75, 3.05) is 0 Å². The van der Waals surface area contributed by atoms with E-state index < -0.39 is 0 Å². The topological polar surface area (TPSA) is 51.8 Å². The Hall–Kier alpha value is -2.82. The van der Waals surface area contributed by atoms with Crippen molar-refractivity contribution in [1.82, 2.24) is 15.1 Å². The van der Waals surface area contributed by atoms with Crippen molar-refractivity contribution in [3.05, 3.63) is 71.9 Å². The Morgan fingerprint density at radius 1 is 1.10 bits per heavy atom. The van der Waals surface area contributed by atoms with E-state index in [1.807, 2.05) is 31.3 Å². The molecule has 0 aliphatic heterocycles. The van der Waals surface area contributed by atoms with E-state index in [0.29, 0.717) is 23.6 Å². The summed E-state index contributed by atoms with van der Waals surface area (Å²) < 4.78 is 18.8. The zero-order valence-corrected chi connectivity index (χ0v) is 17.2. The molecule has 2 fully saturated rings. The summed E-state index contributed by atoms with van der Waals surface area (Å²) in [4.78, 5) is 9.14. The molecule has 0 bridgehead atoms. The van der Waals surface area contributed by atoms with Crippen LogP contribution in [0.5, 0.6) is 0 Å². The van der Waals surface area contributed by atoms with Gasteiger partial charge in [-0.1, -0.05) is 48.7 Å². The molecule has 5 rings (SSSR count). The van der Waals surface area contributed by atoms with E-state index in [0.717, 1.165) is 35.0 Å². The molecule has 0 radical (unpaired) electrons. The Morgan fingerprint density at radius 2 is 2.00 bits per heavy atom. The van der Waals surface area contributed by atoms with Gasteiger partial charge in [-0.3, -0.25) is 4.98 Å². The van der Waals surface area contributed by atoms with Gasteiger partial charge in [0, 0.05) is 24.6 Å². The lowest BCUT2D eigenvalue weighted by Crippen LogP contribution is -2.19. The first-order valence-electron chi connectivity index (χ1n) is 10.9. The van der Waals surface area contributed by atoms with Crippen molar-refractivity contribution in [2.24, 2.45) is 17.8 Å². The summed E-state index contributed by atoms with van der Waals surface area (Å²) in [5.74, 6) is 3.42. The molecular formula is C25H26FN3O. The van der Waals surface area contributed by atoms with Crippen LogP contribution in [-0.4, -0.2) is 15.1 Å². The van der Waals surface area contributed by atoms with E-state index in [-0.39, 0.29) is 5.82 Å². The van der Waals surface area contributed by atoms with E-state index in [2.05, 4.69) is 27.3 Å². The van der Waals surface area contributed by atoms with Crippen LogP contribution >= 0.6 is 0 Å². The predicted molar refractivity (Wildman–Crippen MR) is 114 cm³/mol. The van der Waals surface area contributed by atoms with Crippen molar-refractivity contribution in [3.63, 3.8) is 0 Å². The minimum absolute atomic E-state index is 0.234. The van der Waals surface area contributed by atoms with E-state index >= 15 is 0 Å². The Morgan fingerprint density at radius 3 is 2.77 bits per heavy atom. The molecule has 0 saturated heterocycles. The van der Waals surface area contributed by atoms with Gasteiger partial charge in [-0.2, -0.15) is 4.98 Å². The summed E-state index contributed by atoms with van der Waals surface area (Å²) in [5.41, 5.74) is 2.67. The summed E-state index contributed by atoms with van der Waals surface area (Å²) in [6.45, 7) is 1.85. The van der Waals surface area contributed by atoms with Gasteiger partial charge in [0.15, 0.2) is 5.82 Å².